The highest BCUT2D eigenvalue weighted by atomic mass is 35.5. The number of benzene rings is 2. The van der Waals surface area contributed by atoms with Gasteiger partial charge in [-0.15, -0.1) is 0 Å². The van der Waals surface area contributed by atoms with Gasteiger partial charge in [0.2, 0.25) is 0 Å². The highest BCUT2D eigenvalue weighted by molar-refractivity contribution is 7.81. The molecular weight excluding hydrogens is 403 g/mol. The third-order valence-electron chi connectivity index (χ3n) is 3.92. The summed E-state index contributed by atoms with van der Waals surface area (Å²) < 4.78 is 0. The maximum atomic E-state index is 11.1. The van der Waals surface area contributed by atoms with Crippen molar-refractivity contribution in [3.63, 3.8) is 0 Å². The number of thiocarbonyl (C=S) groups is 1. The molecule has 0 atom stereocenters. The number of pyridine rings is 1. The number of aromatic carboxylic acids is 1. The molecule has 1 aromatic heterocycles. The van der Waals surface area contributed by atoms with Gasteiger partial charge >= 0.3 is 5.97 Å². The lowest BCUT2D eigenvalue weighted by Gasteiger charge is -2.12. The molecule has 0 aliphatic heterocycles. The zero-order valence-corrected chi connectivity index (χ0v) is 16.5. The number of rotatable bonds is 5. The molecule has 7 heteroatoms. The lowest BCUT2D eigenvalue weighted by atomic mass is 10.00. The lowest BCUT2D eigenvalue weighted by molar-refractivity contribution is 0.0697. The standard InChI is InChI=1S/C20H14Cl2N2O2S/c1-11-4-2-3-5-14(11)19(27)15-7-6-13(10-16(15)21)23-18-9-12(20(25)26)8-17(22)24-18/h2-10H,1H3,(H,23,24)(H,25,26). The van der Waals surface area contributed by atoms with Crippen LogP contribution < -0.4 is 5.32 Å². The van der Waals surface area contributed by atoms with E-state index in [1.54, 1.807) is 12.1 Å². The minimum atomic E-state index is -1.08. The Balaban J connectivity index is 1.89. The van der Waals surface area contributed by atoms with Crippen molar-refractivity contribution in [1.29, 1.82) is 0 Å². The lowest BCUT2D eigenvalue weighted by Crippen LogP contribution is -2.04. The van der Waals surface area contributed by atoms with Gasteiger partial charge in [-0.1, -0.05) is 59.7 Å². The van der Waals surface area contributed by atoms with Gasteiger partial charge in [-0.3, -0.25) is 0 Å². The van der Waals surface area contributed by atoms with Crippen LogP contribution in [0.3, 0.4) is 0 Å². The summed E-state index contributed by atoms with van der Waals surface area (Å²) in [4.78, 5) is 15.9. The Morgan fingerprint density at radius 3 is 2.48 bits per heavy atom. The molecule has 2 N–H and O–H groups in total. The Bertz CT molecular complexity index is 1050. The molecule has 2 aromatic carbocycles. The van der Waals surface area contributed by atoms with Gasteiger partial charge in [0.1, 0.15) is 11.0 Å². The van der Waals surface area contributed by atoms with Crippen molar-refractivity contribution in [2.24, 2.45) is 0 Å². The third kappa shape index (κ3) is 4.45. The van der Waals surface area contributed by atoms with Crippen LogP contribution in [-0.4, -0.2) is 20.9 Å². The molecule has 0 aliphatic carbocycles. The smallest absolute Gasteiger partial charge is 0.335 e. The van der Waals surface area contributed by atoms with Gasteiger partial charge in [-0.25, -0.2) is 9.78 Å². The second-order valence-corrected chi connectivity index (χ2v) is 7.04. The molecule has 0 spiro atoms. The number of hydrogen-bond donors (Lipinski definition) is 2. The van der Waals surface area contributed by atoms with Gasteiger partial charge in [0.25, 0.3) is 0 Å². The zero-order valence-electron chi connectivity index (χ0n) is 14.2. The van der Waals surface area contributed by atoms with Gasteiger partial charge in [0, 0.05) is 11.3 Å². The summed E-state index contributed by atoms with van der Waals surface area (Å²) >= 11 is 17.9. The van der Waals surface area contributed by atoms with E-state index in [1.165, 1.54) is 12.1 Å². The summed E-state index contributed by atoms with van der Waals surface area (Å²) in [7, 11) is 0. The Morgan fingerprint density at radius 1 is 1.07 bits per heavy atom. The van der Waals surface area contributed by atoms with Gasteiger partial charge < -0.3 is 10.4 Å². The highest BCUT2D eigenvalue weighted by Crippen LogP contribution is 2.27. The molecule has 0 radical (unpaired) electrons. The monoisotopic (exact) mass is 416 g/mol. The van der Waals surface area contributed by atoms with Crippen molar-refractivity contribution in [2.45, 2.75) is 6.92 Å². The SMILES string of the molecule is Cc1ccccc1C(=S)c1ccc(Nc2cc(C(=O)O)cc(Cl)n2)cc1Cl. The molecule has 0 bridgehead atoms. The van der Waals surface area contributed by atoms with Crippen LogP contribution in [0, 0.1) is 6.92 Å². The third-order valence-corrected chi connectivity index (χ3v) is 4.86. The minimum absolute atomic E-state index is 0.0425. The van der Waals surface area contributed by atoms with Gasteiger partial charge in [0.05, 0.1) is 15.5 Å². The maximum absolute atomic E-state index is 11.1. The molecule has 3 rings (SSSR count). The van der Waals surface area contributed by atoms with Crippen molar-refractivity contribution in [1.82, 2.24) is 4.98 Å². The molecule has 1 heterocycles. The number of halogens is 2. The summed E-state index contributed by atoms with van der Waals surface area (Å²) in [5.41, 5.74) is 3.46. The quantitative estimate of drug-likeness (QED) is 0.307. The number of anilines is 2. The molecule has 4 nitrogen and oxygen atoms in total. The fourth-order valence-electron chi connectivity index (χ4n) is 2.58. The number of carboxylic acids is 1. The predicted molar refractivity (Wildman–Crippen MR) is 113 cm³/mol. The first-order valence-corrected chi connectivity index (χ1v) is 9.09. The second-order valence-electron chi connectivity index (χ2n) is 5.83. The van der Waals surface area contributed by atoms with Crippen LogP contribution in [0.4, 0.5) is 11.5 Å². The number of aryl methyl sites for hydroxylation is 1. The fourth-order valence-corrected chi connectivity index (χ4v) is 3.53. The molecule has 0 fully saturated rings. The maximum Gasteiger partial charge on any atom is 0.335 e. The summed E-state index contributed by atoms with van der Waals surface area (Å²) in [6.45, 7) is 2.00. The van der Waals surface area contributed by atoms with Crippen LogP contribution in [0.5, 0.6) is 0 Å². The molecular formula is C20H14Cl2N2O2S. The number of nitrogens with zero attached hydrogens (tertiary/aromatic N) is 1. The molecule has 0 amide bonds. The molecule has 0 aliphatic rings. The van der Waals surface area contributed by atoms with Crippen LogP contribution in [0.25, 0.3) is 0 Å². The van der Waals surface area contributed by atoms with Crippen LogP contribution in [0.1, 0.15) is 27.0 Å². The number of aromatic nitrogens is 1. The van der Waals surface area contributed by atoms with Crippen LogP contribution in [0.15, 0.2) is 54.6 Å². The van der Waals surface area contributed by atoms with E-state index in [2.05, 4.69) is 10.3 Å². The number of hydrogen-bond acceptors (Lipinski definition) is 4. The van der Waals surface area contributed by atoms with Gasteiger partial charge in [-0.2, -0.15) is 0 Å². The minimum Gasteiger partial charge on any atom is -0.478 e. The van der Waals surface area contributed by atoms with E-state index in [-0.39, 0.29) is 10.7 Å². The molecule has 0 saturated heterocycles. The summed E-state index contributed by atoms with van der Waals surface area (Å²) in [5, 5.41) is 12.7. The normalized spacial score (nSPS) is 10.5. The molecule has 136 valence electrons. The number of carboxylic acid groups (broad SMARTS) is 1. The van der Waals surface area contributed by atoms with E-state index in [4.69, 9.17) is 40.5 Å². The van der Waals surface area contributed by atoms with Crippen LogP contribution >= 0.6 is 35.4 Å². The van der Waals surface area contributed by atoms with Crippen LogP contribution in [-0.2, 0) is 0 Å². The zero-order chi connectivity index (χ0) is 19.6. The fraction of sp³-hybridized carbons (Fsp3) is 0.0500. The van der Waals surface area contributed by atoms with E-state index in [9.17, 15) is 4.79 Å². The molecule has 3 aromatic rings. The van der Waals surface area contributed by atoms with E-state index in [0.717, 1.165) is 16.7 Å². The van der Waals surface area contributed by atoms with Crippen molar-refractivity contribution in [3.05, 3.63) is 87.0 Å². The van der Waals surface area contributed by atoms with E-state index >= 15 is 0 Å². The average Bonchev–Trinajstić information content (AvgIpc) is 2.61. The number of nitrogens with one attached hydrogen (secondary N) is 1. The first-order chi connectivity index (χ1) is 12.8. The Labute approximate surface area is 171 Å². The summed E-state index contributed by atoms with van der Waals surface area (Å²) in [5.74, 6) is -0.774. The summed E-state index contributed by atoms with van der Waals surface area (Å²) in [6.07, 6.45) is 0. The summed E-state index contributed by atoms with van der Waals surface area (Å²) in [6, 6.07) is 15.9. The first-order valence-electron chi connectivity index (χ1n) is 7.93. The van der Waals surface area contributed by atoms with Crippen LogP contribution in [0.2, 0.25) is 10.2 Å². The van der Waals surface area contributed by atoms with E-state index in [0.29, 0.717) is 21.4 Å². The van der Waals surface area contributed by atoms with Crippen molar-refractivity contribution >= 4 is 57.8 Å². The number of carbonyl (C=O) groups is 1. The van der Waals surface area contributed by atoms with Gasteiger partial charge in [0.15, 0.2) is 0 Å². The molecule has 0 saturated carbocycles. The Hall–Kier alpha value is -2.47. The van der Waals surface area contributed by atoms with Crippen molar-refractivity contribution in [2.75, 3.05) is 5.32 Å². The predicted octanol–water partition coefficient (Wildman–Crippen LogP) is 5.90. The Morgan fingerprint density at radius 2 is 1.81 bits per heavy atom. The van der Waals surface area contributed by atoms with Crippen molar-refractivity contribution < 1.29 is 9.90 Å². The van der Waals surface area contributed by atoms with E-state index < -0.39 is 5.97 Å². The Kier molecular flexibility index (Phi) is 5.75. The first kappa shape index (κ1) is 19.3. The average molecular weight is 417 g/mol. The van der Waals surface area contributed by atoms with E-state index in [1.807, 2.05) is 37.3 Å². The molecule has 27 heavy (non-hydrogen) atoms. The van der Waals surface area contributed by atoms with Gasteiger partial charge in [-0.05, 0) is 48.4 Å². The topological polar surface area (TPSA) is 62.2 Å². The van der Waals surface area contributed by atoms with Crippen molar-refractivity contribution in [3.8, 4) is 0 Å². The second kappa shape index (κ2) is 8.05. The largest absolute Gasteiger partial charge is 0.478 e. The highest BCUT2D eigenvalue weighted by Gasteiger charge is 2.12. The molecule has 0 unspecified atom stereocenters.